The highest BCUT2D eigenvalue weighted by atomic mass is 32.1. The molecule has 3 heterocycles. The number of aromatic nitrogens is 1. The molecule has 0 aromatic carbocycles. The molecule has 1 atom stereocenters. The predicted molar refractivity (Wildman–Crippen MR) is 87.1 cm³/mol. The van der Waals surface area contributed by atoms with Crippen LogP contribution in [0.3, 0.4) is 0 Å². The van der Waals surface area contributed by atoms with Gasteiger partial charge in [-0.25, -0.2) is 0 Å². The van der Waals surface area contributed by atoms with Gasteiger partial charge in [0.2, 0.25) is 0 Å². The lowest BCUT2D eigenvalue weighted by molar-refractivity contribution is 0.0582. The van der Waals surface area contributed by atoms with Crippen molar-refractivity contribution in [3.63, 3.8) is 0 Å². The van der Waals surface area contributed by atoms with E-state index >= 15 is 0 Å². The van der Waals surface area contributed by atoms with E-state index in [-0.39, 0.29) is 5.91 Å². The number of thiophene rings is 1. The third-order valence-electron chi connectivity index (χ3n) is 4.16. The third-order valence-corrected chi connectivity index (χ3v) is 5.58. The van der Waals surface area contributed by atoms with Gasteiger partial charge in [0, 0.05) is 37.6 Å². The molecule has 6 heteroatoms. The Morgan fingerprint density at radius 2 is 2.05 bits per heavy atom. The lowest BCUT2D eigenvalue weighted by Gasteiger charge is -2.37. The van der Waals surface area contributed by atoms with Crippen LogP contribution in [0.15, 0.2) is 22.2 Å². The molecule has 0 saturated carbocycles. The monoisotopic (exact) mass is 321 g/mol. The van der Waals surface area contributed by atoms with Crippen molar-refractivity contribution in [3.05, 3.63) is 39.0 Å². The van der Waals surface area contributed by atoms with Crippen molar-refractivity contribution in [2.75, 3.05) is 26.2 Å². The summed E-state index contributed by atoms with van der Waals surface area (Å²) in [6, 6.07) is 2.62. The molecule has 2 aromatic rings. The summed E-state index contributed by atoms with van der Waals surface area (Å²) >= 11 is 3.10. The fraction of sp³-hybridized carbons (Fsp3) is 0.467. The molecule has 0 N–H and O–H groups in total. The molecule has 0 spiro atoms. The average Bonchev–Trinajstić information content (AvgIpc) is 3.17. The zero-order valence-corrected chi connectivity index (χ0v) is 13.9. The van der Waals surface area contributed by atoms with Crippen molar-refractivity contribution >= 4 is 28.8 Å². The van der Waals surface area contributed by atoms with Gasteiger partial charge in [-0.15, -0.1) is 0 Å². The maximum atomic E-state index is 12.5. The van der Waals surface area contributed by atoms with Gasteiger partial charge < -0.3 is 4.90 Å². The molecule has 1 amide bonds. The van der Waals surface area contributed by atoms with Crippen LogP contribution in [0.1, 0.15) is 34.6 Å². The molecule has 0 aliphatic carbocycles. The number of amides is 1. The van der Waals surface area contributed by atoms with E-state index in [9.17, 15) is 4.79 Å². The van der Waals surface area contributed by atoms with Gasteiger partial charge >= 0.3 is 0 Å². The zero-order valence-electron chi connectivity index (χ0n) is 12.3. The van der Waals surface area contributed by atoms with Gasteiger partial charge in [-0.2, -0.15) is 15.7 Å². The van der Waals surface area contributed by atoms with Gasteiger partial charge in [-0.3, -0.25) is 9.69 Å². The van der Waals surface area contributed by atoms with Crippen LogP contribution in [0.2, 0.25) is 0 Å². The largest absolute Gasteiger partial charge is 0.336 e. The molecular formula is C15H19N3OS2. The van der Waals surface area contributed by atoms with Crippen molar-refractivity contribution in [1.82, 2.24) is 14.2 Å². The topological polar surface area (TPSA) is 36.4 Å². The molecule has 0 radical (unpaired) electrons. The van der Waals surface area contributed by atoms with Crippen molar-refractivity contribution in [1.29, 1.82) is 0 Å². The maximum Gasteiger partial charge on any atom is 0.256 e. The molecule has 0 bridgehead atoms. The maximum absolute atomic E-state index is 12.5. The minimum Gasteiger partial charge on any atom is -0.336 e. The van der Waals surface area contributed by atoms with Gasteiger partial charge in [-0.1, -0.05) is 0 Å². The van der Waals surface area contributed by atoms with Crippen molar-refractivity contribution in [3.8, 4) is 0 Å². The lowest BCUT2D eigenvalue weighted by Crippen LogP contribution is -2.49. The SMILES string of the molecule is Cc1nscc1C(=O)N1CCN([C@H](C)c2ccsc2)CC1. The van der Waals surface area contributed by atoms with E-state index in [4.69, 9.17) is 0 Å². The van der Waals surface area contributed by atoms with E-state index in [1.54, 1.807) is 11.3 Å². The number of hydrogen-bond acceptors (Lipinski definition) is 5. The standard InChI is InChI=1S/C15H19N3OS2/c1-11-14(10-21-16-11)15(19)18-6-4-17(5-7-18)12(2)13-3-8-20-9-13/h3,8-10,12H,4-7H2,1-2H3/t12-/m1/s1. The minimum absolute atomic E-state index is 0.129. The van der Waals surface area contributed by atoms with E-state index in [1.165, 1.54) is 17.1 Å². The smallest absolute Gasteiger partial charge is 0.256 e. The molecular weight excluding hydrogens is 302 g/mol. The van der Waals surface area contributed by atoms with Crippen LogP contribution < -0.4 is 0 Å². The number of aryl methyl sites for hydroxylation is 1. The van der Waals surface area contributed by atoms with Gasteiger partial charge in [0.15, 0.2) is 0 Å². The summed E-state index contributed by atoms with van der Waals surface area (Å²) in [4.78, 5) is 16.9. The molecule has 0 unspecified atom stereocenters. The minimum atomic E-state index is 0.129. The Hall–Kier alpha value is -1.24. The third kappa shape index (κ3) is 3.02. The first-order chi connectivity index (χ1) is 10.2. The molecule has 1 fully saturated rings. The zero-order chi connectivity index (χ0) is 14.8. The molecule has 21 heavy (non-hydrogen) atoms. The normalized spacial score (nSPS) is 17.9. The van der Waals surface area contributed by atoms with Gasteiger partial charge in [0.25, 0.3) is 5.91 Å². The van der Waals surface area contributed by atoms with Crippen molar-refractivity contribution < 1.29 is 4.79 Å². The molecule has 1 saturated heterocycles. The van der Waals surface area contributed by atoms with Gasteiger partial charge in [0.1, 0.15) is 0 Å². The number of rotatable bonds is 3. The van der Waals surface area contributed by atoms with Crippen molar-refractivity contribution in [2.24, 2.45) is 0 Å². The Morgan fingerprint density at radius 3 is 2.62 bits per heavy atom. The van der Waals surface area contributed by atoms with Gasteiger partial charge in [0.05, 0.1) is 11.3 Å². The number of carbonyl (C=O) groups excluding carboxylic acids is 1. The Bertz CT molecular complexity index is 600. The summed E-state index contributed by atoms with van der Waals surface area (Å²) in [6.07, 6.45) is 0. The fourth-order valence-corrected chi connectivity index (χ4v) is 4.14. The molecule has 3 rings (SSSR count). The first-order valence-electron chi connectivity index (χ1n) is 7.13. The molecule has 4 nitrogen and oxygen atoms in total. The first kappa shape index (κ1) is 14.7. The Kier molecular flexibility index (Phi) is 4.37. The van der Waals surface area contributed by atoms with Crippen molar-refractivity contribution in [2.45, 2.75) is 19.9 Å². The molecule has 1 aliphatic rings. The second kappa shape index (κ2) is 6.25. The highest BCUT2D eigenvalue weighted by Gasteiger charge is 2.26. The summed E-state index contributed by atoms with van der Waals surface area (Å²) in [5.74, 6) is 0.129. The highest BCUT2D eigenvalue weighted by Crippen LogP contribution is 2.24. The summed E-state index contributed by atoms with van der Waals surface area (Å²) in [5, 5.41) is 6.19. The van der Waals surface area contributed by atoms with Crippen LogP contribution >= 0.6 is 22.9 Å². The quantitative estimate of drug-likeness (QED) is 0.872. The Morgan fingerprint density at radius 1 is 1.29 bits per heavy atom. The second-order valence-electron chi connectivity index (χ2n) is 5.37. The Labute approximate surface area is 133 Å². The number of hydrogen-bond donors (Lipinski definition) is 0. The molecule has 112 valence electrons. The predicted octanol–water partition coefficient (Wildman–Crippen LogP) is 3.03. The number of nitrogens with zero attached hydrogens (tertiary/aromatic N) is 3. The molecule has 1 aliphatic heterocycles. The number of carbonyl (C=O) groups is 1. The van der Waals surface area contributed by atoms with E-state index in [0.29, 0.717) is 6.04 Å². The van der Waals surface area contributed by atoms with E-state index in [0.717, 1.165) is 37.4 Å². The lowest BCUT2D eigenvalue weighted by atomic mass is 10.1. The number of piperazine rings is 1. The van der Waals surface area contributed by atoms with Crippen LogP contribution in [0.25, 0.3) is 0 Å². The first-order valence-corrected chi connectivity index (χ1v) is 8.91. The summed E-state index contributed by atoms with van der Waals surface area (Å²) < 4.78 is 4.19. The van der Waals surface area contributed by atoms with Gasteiger partial charge in [-0.05, 0) is 47.8 Å². The summed E-state index contributed by atoms with van der Waals surface area (Å²) in [7, 11) is 0. The average molecular weight is 321 g/mol. The van der Waals surface area contributed by atoms with E-state index in [2.05, 4.69) is 33.0 Å². The van der Waals surface area contributed by atoms with E-state index in [1.807, 2.05) is 17.2 Å². The Balaban J connectivity index is 1.60. The second-order valence-corrected chi connectivity index (χ2v) is 6.78. The summed E-state index contributed by atoms with van der Waals surface area (Å²) in [6.45, 7) is 7.59. The van der Waals surface area contributed by atoms with Crippen LogP contribution in [-0.2, 0) is 0 Å². The molecule has 2 aromatic heterocycles. The van der Waals surface area contributed by atoms with E-state index < -0.39 is 0 Å². The highest BCUT2D eigenvalue weighted by molar-refractivity contribution is 7.08. The van der Waals surface area contributed by atoms with Crippen LogP contribution in [0, 0.1) is 6.92 Å². The van der Waals surface area contributed by atoms with Crippen LogP contribution in [0.4, 0.5) is 0 Å². The fourth-order valence-electron chi connectivity index (χ4n) is 2.70. The van der Waals surface area contributed by atoms with Crippen LogP contribution in [-0.4, -0.2) is 46.3 Å². The summed E-state index contributed by atoms with van der Waals surface area (Å²) in [5.41, 5.74) is 2.98. The van der Waals surface area contributed by atoms with Crippen LogP contribution in [0.5, 0.6) is 0 Å².